The minimum atomic E-state index is -0.118. The third-order valence-corrected chi connectivity index (χ3v) is 10.2. The second-order valence-electron chi connectivity index (χ2n) is 12.3. The highest BCUT2D eigenvalue weighted by atomic mass is 16.5. The Balaban J connectivity index is 1.41. The van der Waals surface area contributed by atoms with Crippen molar-refractivity contribution < 1.29 is 14.0 Å². The fraction of sp³-hybridized carbons (Fsp3) is 0.516. The van der Waals surface area contributed by atoms with Gasteiger partial charge < -0.3 is 14.1 Å². The number of amides is 1. The molecule has 2 fully saturated rings. The van der Waals surface area contributed by atoms with Crippen LogP contribution in [0, 0.1) is 31.1 Å². The second-order valence-corrected chi connectivity index (χ2v) is 12.3. The Morgan fingerprint density at radius 1 is 1.17 bits per heavy atom. The van der Waals surface area contributed by atoms with E-state index in [2.05, 4.69) is 51.9 Å². The van der Waals surface area contributed by atoms with Crippen molar-refractivity contribution in [2.75, 3.05) is 27.7 Å². The average molecular weight is 470 g/mol. The van der Waals surface area contributed by atoms with E-state index in [4.69, 9.17) is 4.74 Å². The molecule has 6 rings (SSSR count). The Morgan fingerprint density at radius 3 is 2.74 bits per heavy atom. The number of likely N-dealkylation sites (tertiary alicyclic amines) is 1. The first-order valence-corrected chi connectivity index (χ1v) is 13.1. The van der Waals surface area contributed by atoms with Crippen LogP contribution in [0.3, 0.4) is 0 Å². The molecule has 182 valence electrons. The minimum absolute atomic E-state index is 0.0195. The van der Waals surface area contributed by atoms with Crippen LogP contribution >= 0.6 is 0 Å². The van der Waals surface area contributed by atoms with Gasteiger partial charge in [0.2, 0.25) is 0 Å². The first-order chi connectivity index (χ1) is 16.6. The lowest BCUT2D eigenvalue weighted by Crippen LogP contribution is -2.76. The third-order valence-electron chi connectivity index (χ3n) is 10.2. The summed E-state index contributed by atoms with van der Waals surface area (Å²) in [7, 11) is 6.76. The van der Waals surface area contributed by atoms with E-state index in [9.17, 15) is 4.79 Å². The van der Waals surface area contributed by atoms with E-state index in [1.807, 2.05) is 43.1 Å². The molecule has 2 bridgehead atoms. The lowest BCUT2D eigenvalue weighted by Gasteiger charge is -2.66. The summed E-state index contributed by atoms with van der Waals surface area (Å²) in [6, 6.07) is 13.2. The van der Waals surface area contributed by atoms with Crippen molar-refractivity contribution in [1.29, 1.82) is 0 Å². The maximum atomic E-state index is 13.3. The Hall–Kier alpha value is -2.77. The van der Waals surface area contributed by atoms with E-state index < -0.39 is 0 Å². The van der Waals surface area contributed by atoms with Crippen LogP contribution in [0.15, 0.2) is 36.4 Å². The molecule has 35 heavy (non-hydrogen) atoms. The van der Waals surface area contributed by atoms with Gasteiger partial charge in [-0.3, -0.25) is 4.79 Å². The lowest BCUT2D eigenvalue weighted by molar-refractivity contribution is -0.932. The molecule has 4 aliphatic rings. The number of likely N-dealkylation sites (N-methyl/N-ethyl adjacent to an activating group) is 2. The summed E-state index contributed by atoms with van der Waals surface area (Å²) in [4.78, 5) is 15.2. The highest BCUT2D eigenvalue weighted by Gasteiger charge is 2.74. The van der Waals surface area contributed by atoms with Crippen LogP contribution in [-0.4, -0.2) is 61.2 Å². The van der Waals surface area contributed by atoms with Crippen LogP contribution in [-0.2, 0) is 16.6 Å². The molecule has 4 nitrogen and oxygen atoms in total. The molecule has 0 radical (unpaired) electrons. The normalized spacial score (nSPS) is 33.1. The standard InChI is InChI=1S/C31H37N2O2/c1-20-8-7-9-22(18-20)11-13-26(34)32(4)24-14-15-30(3)25-19-23-12-10-21(2)28-27(23)31(30,29(24)35-28)16-17-33(25,5)6/h7-10,12,18,24-25,29H,14-17,19H2,1-6H3/q+1/t24-,25-,29+,30+,31+/m1/s1. The molecule has 0 aromatic heterocycles. The topological polar surface area (TPSA) is 29.5 Å². The second kappa shape index (κ2) is 7.37. The zero-order chi connectivity index (χ0) is 24.8. The van der Waals surface area contributed by atoms with E-state index in [1.165, 1.54) is 16.7 Å². The van der Waals surface area contributed by atoms with Gasteiger partial charge in [-0.1, -0.05) is 37.1 Å². The number of rotatable bonds is 1. The molecule has 4 heteroatoms. The van der Waals surface area contributed by atoms with E-state index in [0.717, 1.165) is 53.6 Å². The maximum absolute atomic E-state index is 13.3. The van der Waals surface area contributed by atoms with Gasteiger partial charge in [-0.2, -0.15) is 0 Å². The fourth-order valence-corrected chi connectivity index (χ4v) is 8.32. The largest absolute Gasteiger partial charge is 0.487 e. The number of nitrogens with zero attached hydrogens (tertiary/aromatic N) is 2. The van der Waals surface area contributed by atoms with Crippen molar-refractivity contribution in [2.45, 2.75) is 70.1 Å². The van der Waals surface area contributed by atoms with Crippen molar-refractivity contribution in [3.8, 4) is 17.6 Å². The number of piperidine rings is 1. The number of benzene rings is 2. The van der Waals surface area contributed by atoms with Gasteiger partial charge in [0.15, 0.2) is 0 Å². The minimum Gasteiger partial charge on any atom is -0.487 e. The number of quaternary nitrogens is 1. The van der Waals surface area contributed by atoms with Gasteiger partial charge in [0.05, 0.1) is 38.1 Å². The predicted molar refractivity (Wildman–Crippen MR) is 138 cm³/mol. The van der Waals surface area contributed by atoms with Gasteiger partial charge in [-0.25, -0.2) is 0 Å². The molecule has 1 spiro atoms. The van der Waals surface area contributed by atoms with Gasteiger partial charge in [0, 0.05) is 42.4 Å². The summed E-state index contributed by atoms with van der Waals surface area (Å²) in [5.41, 5.74) is 6.30. The number of carbonyl (C=O) groups is 1. The van der Waals surface area contributed by atoms with E-state index in [-0.39, 0.29) is 28.9 Å². The smallest absolute Gasteiger partial charge is 0.298 e. The Labute approximate surface area is 209 Å². The Bertz CT molecular complexity index is 1300. The molecule has 0 N–H and O–H groups in total. The zero-order valence-corrected chi connectivity index (χ0v) is 21.9. The quantitative estimate of drug-likeness (QED) is 0.458. The van der Waals surface area contributed by atoms with Crippen molar-refractivity contribution in [3.05, 3.63) is 64.2 Å². The van der Waals surface area contributed by atoms with Crippen LogP contribution in [0.1, 0.15) is 54.0 Å². The molecular formula is C31H37N2O2+. The Kier molecular flexibility index (Phi) is 4.78. The molecule has 2 aliphatic heterocycles. The number of hydrogen-bond donors (Lipinski definition) is 0. The van der Waals surface area contributed by atoms with Crippen LogP contribution < -0.4 is 4.74 Å². The third kappa shape index (κ3) is 2.94. The Morgan fingerprint density at radius 2 is 1.97 bits per heavy atom. The van der Waals surface area contributed by atoms with Crippen LogP contribution in [0.25, 0.3) is 0 Å². The van der Waals surface area contributed by atoms with Crippen molar-refractivity contribution in [3.63, 3.8) is 0 Å². The summed E-state index contributed by atoms with van der Waals surface area (Å²) < 4.78 is 8.02. The van der Waals surface area contributed by atoms with E-state index in [0.29, 0.717) is 6.04 Å². The summed E-state index contributed by atoms with van der Waals surface area (Å²) in [5.74, 6) is 7.00. The first kappa shape index (κ1) is 22.7. The molecule has 2 aliphatic carbocycles. The number of hydrogen-bond acceptors (Lipinski definition) is 2. The summed E-state index contributed by atoms with van der Waals surface area (Å²) in [5, 5.41) is 0. The number of carbonyl (C=O) groups excluding carboxylic acids is 1. The molecule has 2 aromatic carbocycles. The lowest BCUT2D eigenvalue weighted by atomic mass is 9.43. The highest BCUT2D eigenvalue weighted by molar-refractivity contribution is 5.94. The van der Waals surface area contributed by atoms with Gasteiger partial charge in [0.25, 0.3) is 5.91 Å². The summed E-state index contributed by atoms with van der Waals surface area (Å²) in [6.07, 6.45) is 4.27. The van der Waals surface area contributed by atoms with Crippen LogP contribution in [0.2, 0.25) is 0 Å². The van der Waals surface area contributed by atoms with Gasteiger partial charge in [-0.15, -0.1) is 0 Å². The zero-order valence-electron chi connectivity index (χ0n) is 21.9. The molecule has 1 saturated heterocycles. The molecular weight excluding hydrogens is 432 g/mol. The summed E-state index contributed by atoms with van der Waals surface area (Å²) in [6.45, 7) is 7.89. The molecule has 1 amide bonds. The van der Waals surface area contributed by atoms with Crippen molar-refractivity contribution >= 4 is 5.91 Å². The van der Waals surface area contributed by atoms with E-state index in [1.54, 1.807) is 0 Å². The predicted octanol–water partition coefficient (Wildman–Crippen LogP) is 4.39. The van der Waals surface area contributed by atoms with Crippen molar-refractivity contribution in [2.24, 2.45) is 5.41 Å². The van der Waals surface area contributed by atoms with Gasteiger partial charge in [0.1, 0.15) is 11.9 Å². The number of ether oxygens (including phenoxy) is 1. The first-order valence-electron chi connectivity index (χ1n) is 13.1. The van der Waals surface area contributed by atoms with E-state index >= 15 is 0 Å². The highest BCUT2D eigenvalue weighted by Crippen LogP contribution is 2.69. The molecule has 5 atom stereocenters. The number of aryl methyl sites for hydroxylation is 2. The fourth-order valence-electron chi connectivity index (χ4n) is 8.32. The van der Waals surface area contributed by atoms with Crippen LogP contribution in [0.4, 0.5) is 0 Å². The SMILES string of the molecule is Cc1cccc(C#CC(=O)N(C)[C@@H]2CC[C@@]3(C)[C@H]4Cc5ccc(C)c6c5[C@@]3(CC[N+]4(C)C)[C@H]2O6)c1. The molecule has 0 unspecified atom stereocenters. The molecule has 1 saturated carbocycles. The maximum Gasteiger partial charge on any atom is 0.298 e. The van der Waals surface area contributed by atoms with Crippen molar-refractivity contribution in [1.82, 2.24) is 4.90 Å². The van der Waals surface area contributed by atoms with Gasteiger partial charge in [-0.05, 0) is 55.5 Å². The summed E-state index contributed by atoms with van der Waals surface area (Å²) >= 11 is 0. The van der Waals surface area contributed by atoms with Crippen LogP contribution in [0.5, 0.6) is 5.75 Å². The monoisotopic (exact) mass is 469 g/mol. The van der Waals surface area contributed by atoms with Gasteiger partial charge >= 0.3 is 0 Å². The molecule has 2 aromatic rings. The average Bonchev–Trinajstić information content (AvgIpc) is 3.17. The molecule has 2 heterocycles.